The van der Waals surface area contributed by atoms with Crippen molar-refractivity contribution in [2.75, 3.05) is 33.3 Å². The summed E-state index contributed by atoms with van der Waals surface area (Å²) in [4.78, 5) is 17.3. The minimum absolute atomic E-state index is 0.206. The monoisotopic (exact) mass is 422 g/mol. The zero-order valence-electron chi connectivity index (χ0n) is 18.6. The van der Waals surface area contributed by atoms with Gasteiger partial charge in [0.1, 0.15) is 6.61 Å². The zero-order chi connectivity index (χ0) is 21.5. The Bertz CT molecular complexity index is 841. The van der Waals surface area contributed by atoms with E-state index >= 15 is 0 Å². The average molecular weight is 423 g/mol. The predicted molar refractivity (Wildman–Crippen MR) is 122 cm³/mol. The van der Waals surface area contributed by atoms with E-state index in [4.69, 9.17) is 9.47 Å². The molecule has 2 aliphatic rings. The largest absolute Gasteiger partial charge is 0.493 e. The second-order valence-corrected chi connectivity index (χ2v) is 8.70. The summed E-state index contributed by atoms with van der Waals surface area (Å²) >= 11 is 0. The first-order chi connectivity index (χ1) is 15.2. The number of ether oxygens (including phenoxy) is 2. The lowest BCUT2D eigenvalue weighted by molar-refractivity contribution is -0.138. The Morgan fingerprint density at radius 3 is 2.35 bits per heavy atom. The van der Waals surface area contributed by atoms with Gasteiger partial charge in [0.25, 0.3) is 0 Å². The van der Waals surface area contributed by atoms with Gasteiger partial charge >= 0.3 is 0 Å². The molecule has 0 saturated carbocycles. The van der Waals surface area contributed by atoms with E-state index in [0.717, 1.165) is 75.5 Å². The van der Waals surface area contributed by atoms with E-state index in [1.807, 2.05) is 24.3 Å². The van der Waals surface area contributed by atoms with Crippen molar-refractivity contribution in [1.82, 2.24) is 9.80 Å². The number of amides is 1. The summed E-state index contributed by atoms with van der Waals surface area (Å²) in [6.45, 7) is 5.25. The third-order valence-corrected chi connectivity index (χ3v) is 6.48. The van der Waals surface area contributed by atoms with E-state index in [0.29, 0.717) is 12.5 Å². The molecule has 0 atom stereocenters. The summed E-state index contributed by atoms with van der Waals surface area (Å²) < 4.78 is 11.6. The summed E-state index contributed by atoms with van der Waals surface area (Å²) in [7, 11) is 1.69. The molecule has 0 radical (unpaired) electrons. The zero-order valence-corrected chi connectivity index (χ0v) is 18.6. The number of carbonyl (C=O) groups excluding carboxylic acids is 1. The fourth-order valence-corrected chi connectivity index (χ4v) is 4.63. The van der Waals surface area contributed by atoms with Crippen LogP contribution in [0.5, 0.6) is 11.5 Å². The lowest BCUT2D eigenvalue weighted by Gasteiger charge is -2.35. The molecular formula is C26H34N2O3. The topological polar surface area (TPSA) is 42.0 Å². The van der Waals surface area contributed by atoms with Crippen LogP contribution in [-0.4, -0.2) is 49.0 Å². The van der Waals surface area contributed by atoms with Gasteiger partial charge in [-0.3, -0.25) is 9.69 Å². The van der Waals surface area contributed by atoms with Crippen LogP contribution in [-0.2, 0) is 17.9 Å². The van der Waals surface area contributed by atoms with E-state index in [9.17, 15) is 4.79 Å². The smallest absolute Gasteiger partial charge is 0.225 e. The highest BCUT2D eigenvalue weighted by Crippen LogP contribution is 2.30. The SMILES string of the molecule is COc1cc(CN2CCC(C(=O)N3CCCCC3)CC2)ccc1OCc1ccccc1. The molecule has 2 heterocycles. The highest BCUT2D eigenvalue weighted by Gasteiger charge is 2.29. The Morgan fingerprint density at radius 2 is 1.65 bits per heavy atom. The Labute approximate surface area is 185 Å². The van der Waals surface area contributed by atoms with E-state index in [1.54, 1.807) is 7.11 Å². The van der Waals surface area contributed by atoms with Crippen LogP contribution in [0.25, 0.3) is 0 Å². The van der Waals surface area contributed by atoms with Crippen LogP contribution in [0.15, 0.2) is 48.5 Å². The van der Waals surface area contributed by atoms with Gasteiger partial charge in [0.2, 0.25) is 5.91 Å². The lowest BCUT2D eigenvalue weighted by atomic mass is 9.94. The molecule has 0 unspecified atom stereocenters. The van der Waals surface area contributed by atoms with Gasteiger partial charge in [-0.25, -0.2) is 0 Å². The minimum atomic E-state index is 0.206. The molecule has 5 nitrogen and oxygen atoms in total. The molecule has 0 aromatic heterocycles. The second kappa shape index (κ2) is 10.7. The third kappa shape index (κ3) is 5.79. The number of piperidine rings is 2. The molecule has 0 aliphatic carbocycles. The van der Waals surface area contributed by atoms with Crippen molar-refractivity contribution >= 4 is 5.91 Å². The second-order valence-electron chi connectivity index (χ2n) is 8.70. The summed E-state index contributed by atoms with van der Waals surface area (Å²) in [6.07, 6.45) is 5.52. The van der Waals surface area contributed by atoms with Gasteiger partial charge in [0.05, 0.1) is 7.11 Å². The van der Waals surface area contributed by atoms with Gasteiger partial charge in [0, 0.05) is 25.6 Å². The Kier molecular flexibility index (Phi) is 7.47. The number of rotatable bonds is 7. The maximum atomic E-state index is 12.8. The number of likely N-dealkylation sites (tertiary alicyclic amines) is 2. The average Bonchev–Trinajstić information content (AvgIpc) is 2.84. The molecule has 0 N–H and O–H groups in total. The lowest BCUT2D eigenvalue weighted by Crippen LogP contribution is -2.44. The molecule has 166 valence electrons. The van der Waals surface area contributed by atoms with E-state index in [2.05, 4.69) is 34.1 Å². The molecule has 2 fully saturated rings. The first-order valence-electron chi connectivity index (χ1n) is 11.6. The van der Waals surface area contributed by atoms with Gasteiger partial charge in [-0.1, -0.05) is 36.4 Å². The summed E-state index contributed by atoms with van der Waals surface area (Å²) in [5.74, 6) is 2.13. The van der Waals surface area contributed by atoms with Crippen LogP contribution >= 0.6 is 0 Å². The normalized spacial score (nSPS) is 18.0. The fourth-order valence-electron chi connectivity index (χ4n) is 4.63. The van der Waals surface area contributed by atoms with Crippen LogP contribution in [0.3, 0.4) is 0 Å². The predicted octanol–water partition coefficient (Wildman–Crippen LogP) is 4.50. The number of hydrogen-bond donors (Lipinski definition) is 0. The van der Waals surface area contributed by atoms with E-state index < -0.39 is 0 Å². The highest BCUT2D eigenvalue weighted by atomic mass is 16.5. The molecule has 1 amide bonds. The number of methoxy groups -OCH3 is 1. The van der Waals surface area contributed by atoms with Crippen LogP contribution in [0, 0.1) is 5.92 Å². The number of nitrogens with zero attached hydrogens (tertiary/aromatic N) is 2. The third-order valence-electron chi connectivity index (χ3n) is 6.48. The van der Waals surface area contributed by atoms with Crippen molar-refractivity contribution in [3.63, 3.8) is 0 Å². The number of hydrogen-bond acceptors (Lipinski definition) is 4. The standard InChI is InChI=1S/C26H34N2O3/c1-30-25-18-22(10-11-24(25)31-20-21-8-4-2-5-9-21)19-27-16-12-23(13-17-27)26(29)28-14-6-3-7-15-28/h2,4-5,8-11,18,23H,3,6-7,12-17,19-20H2,1H3. The first-order valence-corrected chi connectivity index (χ1v) is 11.6. The maximum Gasteiger partial charge on any atom is 0.225 e. The number of benzene rings is 2. The van der Waals surface area contributed by atoms with Crippen molar-refractivity contribution in [2.24, 2.45) is 5.92 Å². The Balaban J connectivity index is 1.29. The molecule has 2 saturated heterocycles. The van der Waals surface area contributed by atoms with Crippen LogP contribution in [0.1, 0.15) is 43.2 Å². The highest BCUT2D eigenvalue weighted by molar-refractivity contribution is 5.79. The minimum Gasteiger partial charge on any atom is -0.493 e. The molecule has 2 aromatic rings. The first kappa shape index (κ1) is 21.7. The summed E-state index contributed by atoms with van der Waals surface area (Å²) in [5, 5.41) is 0. The van der Waals surface area contributed by atoms with Gasteiger partial charge in [-0.15, -0.1) is 0 Å². The summed E-state index contributed by atoms with van der Waals surface area (Å²) in [5.41, 5.74) is 2.35. The van der Waals surface area contributed by atoms with E-state index in [-0.39, 0.29) is 5.92 Å². The van der Waals surface area contributed by atoms with Crippen molar-refractivity contribution < 1.29 is 14.3 Å². The molecule has 2 aliphatic heterocycles. The van der Waals surface area contributed by atoms with Gasteiger partial charge in [-0.05, 0) is 68.5 Å². The molecule has 5 heteroatoms. The quantitative estimate of drug-likeness (QED) is 0.659. The molecular weight excluding hydrogens is 388 g/mol. The summed E-state index contributed by atoms with van der Waals surface area (Å²) in [6, 6.07) is 16.3. The van der Waals surface area contributed by atoms with Crippen LogP contribution in [0.4, 0.5) is 0 Å². The van der Waals surface area contributed by atoms with Gasteiger partial charge in [0.15, 0.2) is 11.5 Å². The van der Waals surface area contributed by atoms with Crippen molar-refractivity contribution in [2.45, 2.75) is 45.3 Å². The molecule has 4 rings (SSSR count). The Hall–Kier alpha value is -2.53. The molecule has 0 bridgehead atoms. The van der Waals surface area contributed by atoms with Crippen molar-refractivity contribution in [3.05, 3.63) is 59.7 Å². The maximum absolute atomic E-state index is 12.8. The van der Waals surface area contributed by atoms with Crippen molar-refractivity contribution in [3.8, 4) is 11.5 Å². The van der Waals surface area contributed by atoms with Gasteiger partial charge < -0.3 is 14.4 Å². The molecule has 2 aromatic carbocycles. The van der Waals surface area contributed by atoms with Crippen LogP contribution < -0.4 is 9.47 Å². The fraction of sp³-hybridized carbons (Fsp3) is 0.500. The molecule has 31 heavy (non-hydrogen) atoms. The van der Waals surface area contributed by atoms with Crippen LogP contribution in [0.2, 0.25) is 0 Å². The Morgan fingerprint density at radius 1 is 0.903 bits per heavy atom. The van der Waals surface area contributed by atoms with Gasteiger partial charge in [-0.2, -0.15) is 0 Å². The molecule has 0 spiro atoms. The van der Waals surface area contributed by atoms with Crippen molar-refractivity contribution in [1.29, 1.82) is 0 Å². The number of carbonyl (C=O) groups is 1. The van der Waals surface area contributed by atoms with E-state index in [1.165, 1.54) is 12.0 Å².